The summed E-state index contributed by atoms with van der Waals surface area (Å²) >= 11 is 0. The summed E-state index contributed by atoms with van der Waals surface area (Å²) < 4.78 is 5.28. The number of nitrogens with zero attached hydrogens (tertiary/aromatic N) is 3. The van der Waals surface area contributed by atoms with Crippen LogP contribution in [0.5, 0.6) is 0 Å². The van der Waals surface area contributed by atoms with Gasteiger partial charge in [0.05, 0.1) is 5.69 Å². The predicted molar refractivity (Wildman–Crippen MR) is 107 cm³/mol. The summed E-state index contributed by atoms with van der Waals surface area (Å²) in [5.41, 5.74) is 2.74. The molecular formula is C21H36N4O. The Labute approximate surface area is 158 Å². The Kier molecular flexibility index (Phi) is 6.60. The maximum atomic E-state index is 5.28. The van der Waals surface area contributed by atoms with Gasteiger partial charge in [-0.3, -0.25) is 4.99 Å². The molecule has 0 radical (unpaired) electrons. The minimum atomic E-state index is 0.534. The molecule has 1 saturated carbocycles. The fourth-order valence-corrected chi connectivity index (χ4v) is 4.83. The van der Waals surface area contributed by atoms with Crippen molar-refractivity contribution in [2.75, 3.05) is 26.2 Å². The van der Waals surface area contributed by atoms with Crippen molar-refractivity contribution in [3.63, 3.8) is 0 Å². The molecule has 2 aliphatic rings. The summed E-state index contributed by atoms with van der Waals surface area (Å²) in [7, 11) is 0. The van der Waals surface area contributed by atoms with Gasteiger partial charge in [-0.25, -0.2) is 0 Å². The number of aliphatic imine (C=N–C) groups is 1. The molecule has 1 aliphatic carbocycles. The van der Waals surface area contributed by atoms with Crippen LogP contribution in [0.3, 0.4) is 0 Å². The number of piperidine rings is 1. The first-order valence-corrected chi connectivity index (χ1v) is 10.6. The van der Waals surface area contributed by atoms with Gasteiger partial charge in [0.25, 0.3) is 0 Å². The van der Waals surface area contributed by atoms with E-state index in [2.05, 4.69) is 22.3 Å². The highest BCUT2D eigenvalue weighted by Crippen LogP contribution is 2.42. The van der Waals surface area contributed by atoms with Gasteiger partial charge in [-0.2, -0.15) is 0 Å². The number of aryl methyl sites for hydroxylation is 2. The average molecular weight is 361 g/mol. The maximum absolute atomic E-state index is 5.28. The lowest BCUT2D eigenvalue weighted by atomic mass is 9.74. The number of guanidine groups is 1. The van der Waals surface area contributed by atoms with Gasteiger partial charge >= 0.3 is 0 Å². The van der Waals surface area contributed by atoms with Crippen molar-refractivity contribution in [3.05, 3.63) is 17.0 Å². The van der Waals surface area contributed by atoms with E-state index in [1.165, 1.54) is 63.5 Å². The van der Waals surface area contributed by atoms with E-state index < -0.39 is 0 Å². The van der Waals surface area contributed by atoms with Crippen molar-refractivity contribution >= 4 is 5.96 Å². The molecule has 3 rings (SSSR count). The van der Waals surface area contributed by atoms with Crippen LogP contribution in [0.25, 0.3) is 0 Å². The highest BCUT2D eigenvalue weighted by Gasteiger charge is 2.36. The van der Waals surface area contributed by atoms with Gasteiger partial charge in [-0.1, -0.05) is 30.8 Å². The molecule has 2 fully saturated rings. The monoisotopic (exact) mass is 360 g/mol. The minimum Gasteiger partial charge on any atom is -0.361 e. The van der Waals surface area contributed by atoms with Crippen LogP contribution >= 0.6 is 0 Å². The quantitative estimate of drug-likeness (QED) is 0.645. The van der Waals surface area contributed by atoms with Gasteiger partial charge < -0.3 is 14.7 Å². The molecule has 0 atom stereocenters. The summed E-state index contributed by atoms with van der Waals surface area (Å²) in [6.45, 7) is 10.2. The van der Waals surface area contributed by atoms with Crippen molar-refractivity contribution in [1.82, 2.24) is 15.4 Å². The number of likely N-dealkylation sites (tertiary alicyclic amines) is 1. The molecule has 1 spiro atoms. The van der Waals surface area contributed by atoms with Crippen molar-refractivity contribution in [3.8, 4) is 0 Å². The second kappa shape index (κ2) is 8.92. The molecule has 1 saturated heterocycles. The molecule has 0 unspecified atom stereocenters. The van der Waals surface area contributed by atoms with Crippen LogP contribution in [0.2, 0.25) is 0 Å². The van der Waals surface area contributed by atoms with Crippen LogP contribution in [0.15, 0.2) is 9.52 Å². The Morgan fingerprint density at radius 3 is 2.54 bits per heavy atom. The second-order valence-electron chi connectivity index (χ2n) is 8.23. The molecule has 5 nitrogen and oxygen atoms in total. The molecule has 0 aromatic carbocycles. The topological polar surface area (TPSA) is 53.7 Å². The summed E-state index contributed by atoms with van der Waals surface area (Å²) in [5, 5.41) is 7.59. The van der Waals surface area contributed by atoms with E-state index in [-0.39, 0.29) is 0 Å². The summed E-state index contributed by atoms with van der Waals surface area (Å²) in [6, 6.07) is 0. The molecule has 146 valence electrons. The molecule has 1 aromatic heterocycles. The smallest absolute Gasteiger partial charge is 0.193 e. The molecule has 2 heterocycles. The van der Waals surface area contributed by atoms with E-state index >= 15 is 0 Å². The van der Waals surface area contributed by atoms with Gasteiger partial charge in [0.2, 0.25) is 0 Å². The summed E-state index contributed by atoms with van der Waals surface area (Å²) in [4.78, 5) is 7.49. The lowest BCUT2D eigenvalue weighted by molar-refractivity contribution is 0.115. The first kappa shape index (κ1) is 19.2. The van der Waals surface area contributed by atoms with Gasteiger partial charge in [-0.15, -0.1) is 0 Å². The molecule has 1 aliphatic heterocycles. The van der Waals surface area contributed by atoms with Crippen molar-refractivity contribution in [1.29, 1.82) is 0 Å². The number of rotatable bonds is 4. The Hall–Kier alpha value is -1.52. The van der Waals surface area contributed by atoms with E-state index in [0.717, 1.165) is 43.5 Å². The van der Waals surface area contributed by atoms with Crippen molar-refractivity contribution < 1.29 is 4.52 Å². The van der Waals surface area contributed by atoms with Crippen LogP contribution in [-0.4, -0.2) is 42.2 Å². The van der Waals surface area contributed by atoms with Crippen LogP contribution in [0.1, 0.15) is 75.3 Å². The Bertz CT molecular complexity index is 580. The Balaban J connectivity index is 1.66. The zero-order valence-corrected chi connectivity index (χ0v) is 16.9. The third-order valence-electron chi connectivity index (χ3n) is 6.26. The maximum Gasteiger partial charge on any atom is 0.193 e. The van der Waals surface area contributed by atoms with Gasteiger partial charge in [-0.05, 0) is 58.3 Å². The van der Waals surface area contributed by atoms with E-state index in [0.29, 0.717) is 5.41 Å². The van der Waals surface area contributed by atoms with Crippen LogP contribution in [0.4, 0.5) is 0 Å². The third kappa shape index (κ3) is 4.60. The zero-order chi connectivity index (χ0) is 18.4. The Morgan fingerprint density at radius 2 is 1.88 bits per heavy atom. The first-order valence-electron chi connectivity index (χ1n) is 10.6. The molecule has 0 amide bonds. The second-order valence-corrected chi connectivity index (χ2v) is 8.23. The minimum absolute atomic E-state index is 0.534. The number of nitrogens with one attached hydrogen (secondary N) is 1. The fourth-order valence-electron chi connectivity index (χ4n) is 4.83. The SMILES string of the molecule is CCNC(=NCCc1c(C)noc1C)N1CCCC2(CCCCCC2)C1. The lowest BCUT2D eigenvalue weighted by Crippen LogP contribution is -2.50. The van der Waals surface area contributed by atoms with Gasteiger partial charge in [0.1, 0.15) is 5.76 Å². The third-order valence-corrected chi connectivity index (χ3v) is 6.26. The molecule has 26 heavy (non-hydrogen) atoms. The van der Waals surface area contributed by atoms with Crippen LogP contribution in [0, 0.1) is 19.3 Å². The average Bonchev–Trinajstić information content (AvgIpc) is 2.83. The highest BCUT2D eigenvalue weighted by molar-refractivity contribution is 5.80. The lowest BCUT2D eigenvalue weighted by Gasteiger charge is -2.44. The summed E-state index contributed by atoms with van der Waals surface area (Å²) in [5.74, 6) is 2.03. The molecule has 0 bridgehead atoms. The van der Waals surface area contributed by atoms with E-state index in [1.807, 2.05) is 13.8 Å². The standard InChI is InChI=1S/C21H36N4O/c1-4-22-20(23-14-10-19-17(2)24-26-18(19)3)25-15-9-13-21(16-25)11-7-5-6-8-12-21/h4-16H2,1-3H3,(H,22,23). The van der Waals surface area contributed by atoms with Gasteiger partial charge in [0.15, 0.2) is 5.96 Å². The van der Waals surface area contributed by atoms with Crippen molar-refractivity contribution in [2.45, 2.75) is 78.6 Å². The zero-order valence-electron chi connectivity index (χ0n) is 16.9. The van der Waals surface area contributed by atoms with E-state index in [4.69, 9.17) is 9.52 Å². The summed E-state index contributed by atoms with van der Waals surface area (Å²) in [6.07, 6.45) is 12.1. The van der Waals surface area contributed by atoms with E-state index in [1.54, 1.807) is 0 Å². The normalized spacial score (nSPS) is 21.0. The number of aromatic nitrogens is 1. The van der Waals surface area contributed by atoms with Crippen LogP contribution < -0.4 is 5.32 Å². The number of hydrogen-bond acceptors (Lipinski definition) is 3. The van der Waals surface area contributed by atoms with Crippen LogP contribution in [-0.2, 0) is 6.42 Å². The molecule has 5 heteroatoms. The number of hydrogen-bond donors (Lipinski definition) is 1. The highest BCUT2D eigenvalue weighted by atomic mass is 16.5. The molecular weight excluding hydrogens is 324 g/mol. The fraction of sp³-hybridized carbons (Fsp3) is 0.810. The predicted octanol–water partition coefficient (Wildman–Crippen LogP) is 4.24. The Morgan fingerprint density at radius 1 is 1.15 bits per heavy atom. The van der Waals surface area contributed by atoms with Gasteiger partial charge in [0, 0.05) is 31.7 Å². The van der Waals surface area contributed by atoms with Crippen molar-refractivity contribution in [2.24, 2.45) is 10.4 Å². The largest absolute Gasteiger partial charge is 0.361 e. The first-order chi connectivity index (χ1) is 12.6. The molecule has 1 N–H and O–H groups in total. The molecule has 1 aromatic rings. The van der Waals surface area contributed by atoms with E-state index in [9.17, 15) is 0 Å².